The molecule has 1 aromatic heterocycles. The van der Waals surface area contributed by atoms with E-state index in [1.165, 1.54) is 0 Å². The van der Waals surface area contributed by atoms with Gasteiger partial charge in [0.05, 0.1) is 13.1 Å². The van der Waals surface area contributed by atoms with Crippen LogP contribution in [-0.2, 0) is 13.1 Å². The van der Waals surface area contributed by atoms with Crippen LogP contribution in [-0.4, -0.2) is 52.0 Å². The maximum absolute atomic E-state index is 12.4. The van der Waals surface area contributed by atoms with E-state index in [4.69, 9.17) is 10.3 Å². The molecular formula is C15H19N5O2. The van der Waals surface area contributed by atoms with Crippen LogP contribution in [0.5, 0.6) is 0 Å². The topological polar surface area (TPSA) is 88.5 Å². The summed E-state index contributed by atoms with van der Waals surface area (Å²) in [6, 6.07) is 9.38. The molecule has 0 unspecified atom stereocenters. The Bertz CT molecular complexity index is 620. The summed E-state index contributed by atoms with van der Waals surface area (Å²) in [6.07, 6.45) is 0. The number of nitrogens with two attached hydrogens (primary N) is 1. The van der Waals surface area contributed by atoms with Crippen LogP contribution in [0.1, 0.15) is 22.1 Å². The maximum atomic E-state index is 12.4. The van der Waals surface area contributed by atoms with E-state index in [9.17, 15) is 4.79 Å². The van der Waals surface area contributed by atoms with Crippen molar-refractivity contribution in [1.82, 2.24) is 19.9 Å². The lowest BCUT2D eigenvalue weighted by atomic mass is 10.2. The zero-order chi connectivity index (χ0) is 15.4. The molecule has 0 bridgehead atoms. The van der Waals surface area contributed by atoms with Gasteiger partial charge in [0.1, 0.15) is 0 Å². The lowest BCUT2D eigenvalue weighted by molar-refractivity contribution is 0.0624. The van der Waals surface area contributed by atoms with Gasteiger partial charge in [0.2, 0.25) is 5.89 Å². The van der Waals surface area contributed by atoms with Crippen molar-refractivity contribution in [2.24, 2.45) is 5.73 Å². The molecule has 1 amide bonds. The molecule has 1 saturated heterocycles. The molecule has 7 heteroatoms. The average molecular weight is 301 g/mol. The lowest BCUT2D eigenvalue weighted by Crippen LogP contribution is -2.48. The van der Waals surface area contributed by atoms with Crippen LogP contribution in [0.4, 0.5) is 0 Å². The van der Waals surface area contributed by atoms with Crippen LogP contribution in [0, 0.1) is 0 Å². The van der Waals surface area contributed by atoms with Crippen LogP contribution >= 0.6 is 0 Å². The Hall–Kier alpha value is -2.25. The molecule has 0 spiro atoms. The molecule has 2 aromatic rings. The first-order valence-electron chi connectivity index (χ1n) is 7.34. The SMILES string of the molecule is NCc1nc(CN2CCN(C(=O)c3ccccc3)CC2)no1. The van der Waals surface area contributed by atoms with Gasteiger partial charge in [0.25, 0.3) is 5.91 Å². The van der Waals surface area contributed by atoms with Gasteiger partial charge in [-0.3, -0.25) is 9.69 Å². The van der Waals surface area contributed by atoms with Crippen LogP contribution in [0.25, 0.3) is 0 Å². The molecule has 3 rings (SSSR count). The van der Waals surface area contributed by atoms with E-state index in [1.807, 2.05) is 35.2 Å². The third-order valence-corrected chi connectivity index (χ3v) is 3.73. The van der Waals surface area contributed by atoms with Gasteiger partial charge in [-0.2, -0.15) is 4.98 Å². The Morgan fingerprint density at radius 2 is 1.91 bits per heavy atom. The highest BCUT2D eigenvalue weighted by atomic mass is 16.5. The van der Waals surface area contributed by atoms with E-state index in [0.29, 0.717) is 31.3 Å². The number of carbonyl (C=O) groups excluding carboxylic acids is 1. The Kier molecular flexibility index (Phi) is 4.45. The summed E-state index contributed by atoms with van der Waals surface area (Å²) in [6.45, 7) is 3.88. The molecule has 1 aliphatic heterocycles. The number of rotatable bonds is 4. The van der Waals surface area contributed by atoms with Crippen molar-refractivity contribution in [3.05, 3.63) is 47.6 Å². The Labute approximate surface area is 128 Å². The van der Waals surface area contributed by atoms with Gasteiger partial charge >= 0.3 is 0 Å². The lowest BCUT2D eigenvalue weighted by Gasteiger charge is -2.34. The predicted octanol–water partition coefficient (Wildman–Crippen LogP) is 0.486. The van der Waals surface area contributed by atoms with Crippen molar-refractivity contribution < 1.29 is 9.32 Å². The zero-order valence-electron chi connectivity index (χ0n) is 12.3. The summed E-state index contributed by atoms with van der Waals surface area (Å²) < 4.78 is 5.00. The van der Waals surface area contributed by atoms with Crippen molar-refractivity contribution in [2.75, 3.05) is 26.2 Å². The molecule has 1 aliphatic rings. The van der Waals surface area contributed by atoms with Crippen molar-refractivity contribution in [3.63, 3.8) is 0 Å². The largest absolute Gasteiger partial charge is 0.338 e. The van der Waals surface area contributed by atoms with Gasteiger partial charge < -0.3 is 15.2 Å². The molecule has 0 radical (unpaired) electrons. The fourth-order valence-corrected chi connectivity index (χ4v) is 2.51. The zero-order valence-corrected chi connectivity index (χ0v) is 12.3. The predicted molar refractivity (Wildman–Crippen MR) is 79.8 cm³/mol. The van der Waals surface area contributed by atoms with Crippen LogP contribution < -0.4 is 5.73 Å². The minimum Gasteiger partial charge on any atom is -0.338 e. The minimum atomic E-state index is 0.0882. The van der Waals surface area contributed by atoms with E-state index < -0.39 is 0 Å². The molecule has 7 nitrogen and oxygen atoms in total. The standard InChI is InChI=1S/C15H19N5O2/c16-10-14-17-13(18-22-14)11-19-6-8-20(9-7-19)15(21)12-4-2-1-3-5-12/h1-5H,6-11,16H2. The van der Waals surface area contributed by atoms with Gasteiger partial charge in [-0.05, 0) is 12.1 Å². The summed E-state index contributed by atoms with van der Waals surface area (Å²) in [5, 5.41) is 3.89. The van der Waals surface area contributed by atoms with E-state index in [-0.39, 0.29) is 12.5 Å². The second-order valence-corrected chi connectivity index (χ2v) is 5.24. The number of aromatic nitrogens is 2. The highest BCUT2D eigenvalue weighted by molar-refractivity contribution is 5.94. The normalized spacial score (nSPS) is 16.0. The van der Waals surface area contributed by atoms with Gasteiger partial charge in [0, 0.05) is 31.7 Å². The number of benzene rings is 1. The fraction of sp³-hybridized carbons (Fsp3) is 0.400. The Morgan fingerprint density at radius 1 is 1.18 bits per heavy atom. The quantitative estimate of drug-likeness (QED) is 0.884. The first-order chi connectivity index (χ1) is 10.8. The summed E-state index contributed by atoms with van der Waals surface area (Å²) in [5.41, 5.74) is 6.19. The molecule has 1 aromatic carbocycles. The molecule has 2 N–H and O–H groups in total. The van der Waals surface area contributed by atoms with Gasteiger partial charge in [-0.15, -0.1) is 0 Å². The van der Waals surface area contributed by atoms with Crippen molar-refractivity contribution in [3.8, 4) is 0 Å². The Morgan fingerprint density at radius 3 is 2.55 bits per heavy atom. The van der Waals surface area contributed by atoms with Crippen molar-refractivity contribution in [2.45, 2.75) is 13.1 Å². The van der Waals surface area contributed by atoms with Gasteiger partial charge in [-0.1, -0.05) is 23.4 Å². The number of amides is 1. The first kappa shape index (κ1) is 14.7. The van der Waals surface area contributed by atoms with Crippen molar-refractivity contribution in [1.29, 1.82) is 0 Å². The molecule has 1 fully saturated rings. The molecule has 22 heavy (non-hydrogen) atoms. The second kappa shape index (κ2) is 6.67. The summed E-state index contributed by atoms with van der Waals surface area (Å²) >= 11 is 0. The van der Waals surface area contributed by atoms with Gasteiger partial charge in [0.15, 0.2) is 5.82 Å². The smallest absolute Gasteiger partial charge is 0.253 e. The summed E-state index contributed by atoms with van der Waals surface area (Å²) in [4.78, 5) is 20.7. The third-order valence-electron chi connectivity index (χ3n) is 3.73. The van der Waals surface area contributed by atoms with E-state index in [2.05, 4.69) is 15.0 Å². The van der Waals surface area contributed by atoms with Crippen LogP contribution in [0.3, 0.4) is 0 Å². The summed E-state index contributed by atoms with van der Waals surface area (Å²) in [7, 11) is 0. The molecular weight excluding hydrogens is 282 g/mol. The molecule has 2 heterocycles. The van der Waals surface area contributed by atoms with Crippen molar-refractivity contribution >= 4 is 5.91 Å². The fourth-order valence-electron chi connectivity index (χ4n) is 2.51. The molecule has 0 aliphatic carbocycles. The molecule has 0 saturated carbocycles. The second-order valence-electron chi connectivity index (χ2n) is 5.24. The minimum absolute atomic E-state index is 0.0882. The van der Waals surface area contributed by atoms with E-state index in [0.717, 1.165) is 18.7 Å². The summed E-state index contributed by atoms with van der Waals surface area (Å²) in [5.74, 6) is 1.18. The number of nitrogens with zero attached hydrogens (tertiary/aromatic N) is 4. The monoisotopic (exact) mass is 301 g/mol. The number of hydrogen-bond donors (Lipinski definition) is 1. The van der Waals surface area contributed by atoms with E-state index >= 15 is 0 Å². The Balaban J connectivity index is 1.53. The highest BCUT2D eigenvalue weighted by Crippen LogP contribution is 2.10. The van der Waals surface area contributed by atoms with Crippen LogP contribution in [0.15, 0.2) is 34.9 Å². The van der Waals surface area contributed by atoms with E-state index in [1.54, 1.807) is 0 Å². The highest BCUT2D eigenvalue weighted by Gasteiger charge is 2.22. The third kappa shape index (κ3) is 3.32. The number of carbonyl (C=O) groups is 1. The number of hydrogen-bond acceptors (Lipinski definition) is 6. The molecule has 116 valence electrons. The van der Waals surface area contributed by atoms with Crippen LogP contribution in [0.2, 0.25) is 0 Å². The first-order valence-corrected chi connectivity index (χ1v) is 7.34. The van der Waals surface area contributed by atoms with Gasteiger partial charge in [-0.25, -0.2) is 0 Å². The average Bonchev–Trinajstić information content (AvgIpc) is 3.03. The maximum Gasteiger partial charge on any atom is 0.253 e. The molecule has 0 atom stereocenters. The number of piperazine rings is 1.